The van der Waals surface area contributed by atoms with Crippen LogP contribution in [-0.4, -0.2) is 55.8 Å². The van der Waals surface area contributed by atoms with Crippen molar-refractivity contribution in [3.05, 3.63) is 28.8 Å². The second kappa shape index (κ2) is 13.7. The van der Waals surface area contributed by atoms with Crippen molar-refractivity contribution in [1.29, 1.82) is 0 Å². The first-order chi connectivity index (χ1) is 14.7. The fourth-order valence-corrected chi connectivity index (χ4v) is 3.56. The molecule has 0 aliphatic carbocycles. The molecule has 0 N–H and O–H groups in total. The summed E-state index contributed by atoms with van der Waals surface area (Å²) in [5.41, 5.74) is -0.114. The SMILES string of the molecule is CCl.COC(=O)c1ccc(OCCCCC2CCN(C(=O)OC(C)(C)C)CC2)cc1Cl. The number of nitrogens with zero attached hydrogens (tertiary/aromatic N) is 1. The highest BCUT2D eigenvalue weighted by atomic mass is 35.5. The molecule has 6 nitrogen and oxygen atoms in total. The maximum Gasteiger partial charge on any atom is 0.410 e. The van der Waals surface area contributed by atoms with Crippen molar-refractivity contribution in [2.24, 2.45) is 5.92 Å². The van der Waals surface area contributed by atoms with Gasteiger partial charge in [0.2, 0.25) is 0 Å². The van der Waals surface area contributed by atoms with Crippen LogP contribution in [0, 0.1) is 5.92 Å². The van der Waals surface area contributed by atoms with Gasteiger partial charge in [-0.15, -0.1) is 11.6 Å². The van der Waals surface area contributed by atoms with Crippen LogP contribution in [0.4, 0.5) is 4.79 Å². The highest BCUT2D eigenvalue weighted by Gasteiger charge is 2.26. The Morgan fingerprint density at radius 2 is 1.77 bits per heavy atom. The number of carbonyl (C=O) groups excluding carboxylic acids is 2. The molecule has 0 bridgehead atoms. The number of hydrogen-bond donors (Lipinski definition) is 0. The zero-order valence-corrected chi connectivity index (χ0v) is 20.7. The van der Waals surface area contributed by atoms with Crippen molar-refractivity contribution in [2.75, 3.05) is 33.2 Å². The fraction of sp³-hybridized carbons (Fsp3) is 0.652. The van der Waals surface area contributed by atoms with Gasteiger partial charge in [0.05, 0.1) is 24.3 Å². The zero-order valence-electron chi connectivity index (χ0n) is 19.2. The third-order valence-electron chi connectivity index (χ3n) is 4.89. The third-order valence-corrected chi connectivity index (χ3v) is 5.20. The Kier molecular flexibility index (Phi) is 12.1. The average Bonchev–Trinajstić information content (AvgIpc) is 2.73. The van der Waals surface area contributed by atoms with Crippen LogP contribution in [0.25, 0.3) is 0 Å². The fourth-order valence-electron chi connectivity index (χ4n) is 3.32. The van der Waals surface area contributed by atoms with Crippen molar-refractivity contribution >= 4 is 35.3 Å². The number of esters is 1. The molecule has 1 amide bonds. The molecule has 31 heavy (non-hydrogen) atoms. The van der Waals surface area contributed by atoms with Gasteiger partial charge in [0.1, 0.15) is 11.4 Å². The lowest BCUT2D eigenvalue weighted by molar-refractivity contribution is 0.0180. The molecule has 0 atom stereocenters. The third kappa shape index (κ3) is 10.0. The highest BCUT2D eigenvalue weighted by Crippen LogP contribution is 2.25. The summed E-state index contributed by atoms with van der Waals surface area (Å²) in [6, 6.07) is 4.98. The standard InChI is InChI=1S/C22H32ClNO5.CH3Cl/c1-22(2,3)29-21(26)24-12-10-16(11-13-24)7-5-6-14-28-17-8-9-18(19(23)15-17)20(25)27-4;1-2/h8-9,15-16H,5-7,10-14H2,1-4H3;1H3. The number of hydrogen-bond acceptors (Lipinski definition) is 5. The topological polar surface area (TPSA) is 65.1 Å². The zero-order chi connectivity index (χ0) is 23.4. The van der Waals surface area contributed by atoms with Crippen molar-refractivity contribution < 1.29 is 23.8 Å². The number of carbonyl (C=O) groups is 2. The minimum atomic E-state index is -0.459. The normalized spacial score (nSPS) is 14.4. The summed E-state index contributed by atoms with van der Waals surface area (Å²) >= 11 is 10.7. The Balaban J connectivity index is 0.00000233. The van der Waals surface area contributed by atoms with Crippen LogP contribution in [-0.2, 0) is 9.47 Å². The molecule has 1 fully saturated rings. The smallest absolute Gasteiger partial charge is 0.410 e. The van der Waals surface area contributed by atoms with Crippen LogP contribution in [0.3, 0.4) is 0 Å². The lowest BCUT2D eigenvalue weighted by Gasteiger charge is -2.33. The van der Waals surface area contributed by atoms with Gasteiger partial charge in [-0.25, -0.2) is 9.59 Å². The van der Waals surface area contributed by atoms with Crippen LogP contribution in [0.2, 0.25) is 5.02 Å². The summed E-state index contributed by atoms with van der Waals surface area (Å²) in [5, 5.41) is 0.325. The average molecular weight is 476 g/mol. The number of benzene rings is 1. The highest BCUT2D eigenvalue weighted by molar-refractivity contribution is 6.33. The number of amides is 1. The van der Waals surface area contributed by atoms with Gasteiger partial charge in [-0.1, -0.05) is 18.0 Å². The number of likely N-dealkylation sites (tertiary alicyclic amines) is 1. The van der Waals surface area contributed by atoms with Crippen molar-refractivity contribution in [3.63, 3.8) is 0 Å². The van der Waals surface area contributed by atoms with Gasteiger partial charge < -0.3 is 19.1 Å². The summed E-state index contributed by atoms with van der Waals surface area (Å²) < 4.78 is 15.8. The predicted molar refractivity (Wildman–Crippen MR) is 124 cm³/mol. The van der Waals surface area contributed by atoms with Gasteiger partial charge in [0.25, 0.3) is 0 Å². The maximum absolute atomic E-state index is 12.1. The van der Waals surface area contributed by atoms with Crippen LogP contribution in [0.15, 0.2) is 18.2 Å². The minimum Gasteiger partial charge on any atom is -0.494 e. The first-order valence-electron chi connectivity index (χ1n) is 10.6. The lowest BCUT2D eigenvalue weighted by Crippen LogP contribution is -2.41. The molecule has 8 heteroatoms. The first-order valence-corrected chi connectivity index (χ1v) is 11.7. The maximum atomic E-state index is 12.1. The predicted octanol–water partition coefficient (Wildman–Crippen LogP) is 6.18. The Labute approximate surface area is 196 Å². The second-order valence-electron chi connectivity index (χ2n) is 8.39. The molecule has 0 aromatic heterocycles. The molecule has 0 saturated carbocycles. The van der Waals surface area contributed by atoms with E-state index >= 15 is 0 Å². The van der Waals surface area contributed by atoms with E-state index in [2.05, 4.69) is 16.3 Å². The van der Waals surface area contributed by atoms with Crippen LogP contribution >= 0.6 is 23.2 Å². The van der Waals surface area contributed by atoms with Gasteiger partial charge in [-0.2, -0.15) is 0 Å². The molecule has 2 rings (SSSR count). The molecular formula is C23H35Cl2NO5. The van der Waals surface area contributed by atoms with Gasteiger partial charge in [-0.05, 0) is 70.6 Å². The van der Waals surface area contributed by atoms with Crippen LogP contribution in [0.1, 0.15) is 63.2 Å². The number of unbranched alkanes of at least 4 members (excludes halogenated alkanes) is 1. The van der Waals surface area contributed by atoms with Crippen molar-refractivity contribution in [3.8, 4) is 5.75 Å². The van der Waals surface area contributed by atoms with Gasteiger partial charge in [-0.3, -0.25) is 0 Å². The van der Waals surface area contributed by atoms with E-state index in [1.807, 2.05) is 25.7 Å². The lowest BCUT2D eigenvalue weighted by atomic mass is 9.92. The van der Waals surface area contributed by atoms with Gasteiger partial charge >= 0.3 is 12.1 Å². The Morgan fingerprint density at radius 1 is 1.13 bits per heavy atom. The Hall–Kier alpha value is -1.66. The molecule has 1 aromatic carbocycles. The van der Waals surface area contributed by atoms with Crippen molar-refractivity contribution in [2.45, 2.75) is 58.5 Å². The number of halogens is 2. The van der Waals surface area contributed by atoms with E-state index in [4.69, 9.17) is 21.1 Å². The van der Waals surface area contributed by atoms with E-state index < -0.39 is 11.6 Å². The quantitative estimate of drug-likeness (QED) is 0.267. The second-order valence-corrected chi connectivity index (χ2v) is 8.80. The molecule has 1 saturated heterocycles. The van der Waals surface area contributed by atoms with E-state index in [-0.39, 0.29) is 6.09 Å². The number of rotatable bonds is 7. The molecule has 1 aliphatic rings. The molecule has 176 valence electrons. The monoisotopic (exact) mass is 475 g/mol. The molecule has 0 radical (unpaired) electrons. The number of methoxy groups -OCH3 is 1. The molecule has 1 heterocycles. The molecule has 0 spiro atoms. The largest absolute Gasteiger partial charge is 0.494 e. The molecular weight excluding hydrogens is 441 g/mol. The van der Waals surface area contributed by atoms with Crippen LogP contribution < -0.4 is 4.74 Å². The van der Waals surface area contributed by atoms with E-state index in [1.165, 1.54) is 13.5 Å². The Bertz CT molecular complexity index is 698. The molecule has 1 aromatic rings. The first kappa shape index (κ1) is 27.4. The van der Waals surface area contributed by atoms with E-state index in [1.54, 1.807) is 18.2 Å². The van der Waals surface area contributed by atoms with E-state index in [9.17, 15) is 9.59 Å². The summed E-state index contributed by atoms with van der Waals surface area (Å²) in [7, 11) is 1.32. The molecule has 1 aliphatic heterocycles. The Morgan fingerprint density at radius 3 is 2.32 bits per heavy atom. The number of piperidine rings is 1. The van der Waals surface area contributed by atoms with E-state index in [0.29, 0.717) is 28.9 Å². The van der Waals surface area contributed by atoms with E-state index in [0.717, 1.165) is 45.2 Å². The number of ether oxygens (including phenoxy) is 3. The summed E-state index contributed by atoms with van der Waals surface area (Å²) in [6.45, 7) is 7.80. The van der Waals surface area contributed by atoms with Crippen molar-refractivity contribution in [1.82, 2.24) is 4.90 Å². The van der Waals surface area contributed by atoms with Gasteiger partial charge in [0.15, 0.2) is 0 Å². The number of alkyl halides is 1. The van der Waals surface area contributed by atoms with Crippen LogP contribution in [0.5, 0.6) is 5.75 Å². The summed E-state index contributed by atoms with van der Waals surface area (Å²) in [6.07, 6.45) is 6.46. The summed E-state index contributed by atoms with van der Waals surface area (Å²) in [4.78, 5) is 25.5. The summed E-state index contributed by atoms with van der Waals surface area (Å²) in [5.74, 6) is 0.829. The minimum absolute atomic E-state index is 0.207. The van der Waals surface area contributed by atoms with Gasteiger partial charge in [0, 0.05) is 19.5 Å². The molecule has 0 unspecified atom stereocenters.